The number of benzene rings is 3. The van der Waals surface area contributed by atoms with Crippen LogP contribution in [0.1, 0.15) is 26.9 Å². The Balaban J connectivity index is 1.65. The third-order valence-corrected chi connectivity index (χ3v) is 8.46. The van der Waals surface area contributed by atoms with Crippen molar-refractivity contribution in [2.75, 3.05) is 19.8 Å². The number of imide groups is 1. The van der Waals surface area contributed by atoms with E-state index in [4.69, 9.17) is 4.74 Å². The molecular formula is C29H28N4O11. The predicted molar refractivity (Wildman–Crippen MR) is 153 cm³/mol. The molecule has 15 heteroatoms. The van der Waals surface area contributed by atoms with Gasteiger partial charge in [0.15, 0.2) is 6.23 Å². The summed E-state index contributed by atoms with van der Waals surface area (Å²) >= 11 is 0. The molecule has 7 rings (SSSR count). The number of aromatic amines is 1. The van der Waals surface area contributed by atoms with Gasteiger partial charge in [0.25, 0.3) is 11.8 Å². The Morgan fingerprint density at radius 2 is 1.50 bits per heavy atom. The second kappa shape index (κ2) is 10.1. The lowest BCUT2D eigenvalue weighted by Gasteiger charge is -2.41. The molecule has 1 saturated heterocycles. The number of hydrogen-bond donors (Lipinski definition) is 10. The van der Waals surface area contributed by atoms with Crippen molar-refractivity contribution in [2.24, 2.45) is 0 Å². The van der Waals surface area contributed by atoms with Crippen LogP contribution in [0.4, 0.5) is 0 Å². The van der Waals surface area contributed by atoms with Crippen molar-refractivity contribution in [2.45, 2.75) is 36.7 Å². The van der Waals surface area contributed by atoms with Crippen LogP contribution in [-0.4, -0.2) is 118 Å². The highest BCUT2D eigenvalue weighted by atomic mass is 16.6. The summed E-state index contributed by atoms with van der Waals surface area (Å²) in [6.07, 6.45) is -7.83. The highest BCUT2D eigenvalue weighted by Crippen LogP contribution is 2.47. The molecule has 0 radical (unpaired) electrons. The number of aliphatic hydroxyl groups is 6. The van der Waals surface area contributed by atoms with Crippen LogP contribution in [0.15, 0.2) is 36.4 Å². The summed E-state index contributed by atoms with van der Waals surface area (Å²) in [4.78, 5) is 31.3. The summed E-state index contributed by atoms with van der Waals surface area (Å²) in [5.41, 5.74) is 3.62. The molecule has 15 nitrogen and oxygen atoms in total. The monoisotopic (exact) mass is 608 g/mol. The van der Waals surface area contributed by atoms with Gasteiger partial charge in [-0.1, -0.05) is 0 Å². The summed E-state index contributed by atoms with van der Waals surface area (Å²) in [5.74, 6) is -1.89. The molecule has 0 aliphatic carbocycles. The Morgan fingerprint density at radius 1 is 0.841 bits per heavy atom. The number of amides is 2. The molecule has 2 aliphatic rings. The van der Waals surface area contributed by atoms with E-state index in [9.17, 15) is 50.4 Å². The number of aromatic hydroxyl groups is 2. The number of carbonyl (C=O) groups is 2. The Bertz CT molecular complexity index is 2000. The zero-order chi connectivity index (χ0) is 31.2. The Kier molecular flexibility index (Phi) is 6.54. The van der Waals surface area contributed by atoms with Crippen LogP contribution in [0.2, 0.25) is 0 Å². The van der Waals surface area contributed by atoms with Gasteiger partial charge in [-0.05, 0) is 30.3 Å². The fraction of sp³-hybridized carbons (Fsp3) is 0.310. The average molecular weight is 609 g/mol. The standard InChI is InChI=1S/C29H28N4O11/c34-7-10(8-35)31-33-27(42)20-18-13-3-1-12(38)6-15(13)30-22(18)23-19(21(20)28(33)43)14-5-11(37)2-4-16(14)32(23)29-26(41)25(40)24(39)17(9-36)44-29/h1-6,10,17,24-26,29-31,34-41H,7-9H2/t17-,24-,25+,26-,29-/m1/s1. The van der Waals surface area contributed by atoms with Crippen LogP contribution in [0.25, 0.3) is 43.6 Å². The van der Waals surface area contributed by atoms with Crippen LogP contribution < -0.4 is 5.43 Å². The minimum Gasteiger partial charge on any atom is -0.508 e. The minimum absolute atomic E-state index is 0.0345. The van der Waals surface area contributed by atoms with Gasteiger partial charge in [-0.15, -0.1) is 0 Å². The molecule has 1 fully saturated rings. The predicted octanol–water partition coefficient (Wildman–Crippen LogP) is -0.734. The zero-order valence-electron chi connectivity index (χ0n) is 22.7. The number of aromatic nitrogens is 2. The molecule has 2 aliphatic heterocycles. The first-order chi connectivity index (χ1) is 21.1. The van der Waals surface area contributed by atoms with Crippen molar-refractivity contribution < 1.29 is 55.2 Å². The number of carbonyl (C=O) groups excluding carboxylic acids is 2. The number of fused-ring (bicyclic) bond motifs is 10. The maximum Gasteiger partial charge on any atom is 0.276 e. The molecule has 5 atom stereocenters. The van der Waals surface area contributed by atoms with E-state index in [0.717, 1.165) is 0 Å². The summed E-state index contributed by atoms with van der Waals surface area (Å²) in [7, 11) is 0. The van der Waals surface area contributed by atoms with E-state index < -0.39 is 68.3 Å². The van der Waals surface area contributed by atoms with E-state index in [1.165, 1.54) is 34.9 Å². The number of nitrogens with zero attached hydrogens (tertiary/aromatic N) is 2. The van der Waals surface area contributed by atoms with E-state index in [-0.39, 0.29) is 49.8 Å². The molecule has 0 bridgehead atoms. The van der Waals surface area contributed by atoms with Gasteiger partial charge in [0.1, 0.15) is 35.9 Å². The van der Waals surface area contributed by atoms with E-state index in [0.29, 0.717) is 21.4 Å². The van der Waals surface area contributed by atoms with Crippen LogP contribution in [0.5, 0.6) is 11.5 Å². The number of phenolic OH excluding ortho intramolecular Hbond substituents is 2. The van der Waals surface area contributed by atoms with Crippen molar-refractivity contribution >= 4 is 55.4 Å². The highest BCUT2D eigenvalue weighted by Gasteiger charge is 2.47. The normalized spacial score (nSPS) is 24.2. The lowest BCUT2D eigenvalue weighted by atomic mass is 9.96. The van der Waals surface area contributed by atoms with Crippen LogP contribution in [0, 0.1) is 0 Å². The Labute approximate surface area is 246 Å². The van der Waals surface area contributed by atoms with Crippen molar-refractivity contribution in [1.29, 1.82) is 0 Å². The number of ether oxygens (including phenoxy) is 1. The largest absolute Gasteiger partial charge is 0.508 e. The third kappa shape index (κ3) is 3.79. The second-order valence-corrected chi connectivity index (χ2v) is 11.0. The van der Waals surface area contributed by atoms with Gasteiger partial charge in [-0.2, -0.15) is 0 Å². The van der Waals surface area contributed by atoms with Crippen molar-refractivity contribution in [3.05, 3.63) is 47.5 Å². The second-order valence-electron chi connectivity index (χ2n) is 11.0. The molecule has 230 valence electrons. The number of aliphatic hydroxyl groups excluding tert-OH is 6. The van der Waals surface area contributed by atoms with Gasteiger partial charge >= 0.3 is 0 Å². The zero-order valence-corrected chi connectivity index (χ0v) is 22.7. The number of nitrogens with one attached hydrogen (secondary N) is 2. The molecule has 3 aromatic carbocycles. The minimum atomic E-state index is -1.74. The van der Waals surface area contributed by atoms with Gasteiger partial charge in [0.05, 0.1) is 59.1 Å². The number of phenols is 2. The summed E-state index contributed by atoms with van der Waals surface area (Å²) in [6.45, 7) is -1.88. The van der Waals surface area contributed by atoms with E-state index in [2.05, 4.69) is 10.4 Å². The molecule has 2 amide bonds. The maximum absolute atomic E-state index is 14.1. The molecule has 4 heterocycles. The number of hydrazine groups is 1. The average Bonchev–Trinajstić information content (AvgIpc) is 3.62. The van der Waals surface area contributed by atoms with Crippen molar-refractivity contribution in [3.63, 3.8) is 0 Å². The third-order valence-electron chi connectivity index (χ3n) is 8.46. The summed E-state index contributed by atoms with van der Waals surface area (Å²) in [5, 5.41) is 84.1. The Hall–Kier alpha value is -4.32. The van der Waals surface area contributed by atoms with Gasteiger partial charge in [-0.25, -0.2) is 10.4 Å². The maximum atomic E-state index is 14.1. The molecule has 10 N–H and O–H groups in total. The summed E-state index contributed by atoms with van der Waals surface area (Å²) < 4.78 is 7.40. The molecule has 5 aromatic rings. The quantitative estimate of drug-likeness (QED) is 0.107. The highest BCUT2D eigenvalue weighted by molar-refractivity contribution is 6.39. The number of hydrogen-bond acceptors (Lipinski definition) is 12. The van der Waals surface area contributed by atoms with E-state index in [1.807, 2.05) is 0 Å². The topological polar surface area (TPSA) is 241 Å². The molecule has 2 aromatic heterocycles. The van der Waals surface area contributed by atoms with E-state index in [1.54, 1.807) is 6.07 Å². The van der Waals surface area contributed by atoms with Crippen molar-refractivity contribution in [3.8, 4) is 11.5 Å². The lowest BCUT2D eigenvalue weighted by Crippen LogP contribution is -2.56. The first-order valence-corrected chi connectivity index (χ1v) is 13.7. The fourth-order valence-electron chi connectivity index (χ4n) is 6.42. The van der Waals surface area contributed by atoms with Crippen LogP contribution >= 0.6 is 0 Å². The van der Waals surface area contributed by atoms with Gasteiger partial charge in [0.2, 0.25) is 0 Å². The van der Waals surface area contributed by atoms with Gasteiger partial charge in [0, 0.05) is 27.6 Å². The first-order valence-electron chi connectivity index (χ1n) is 13.7. The SMILES string of the molecule is O=C1c2c(c3c4cc(O)ccc4n([C@@H]4O[C@H](CO)[C@@H](O)[C@H](O)[C@H]4O)c3c3[nH]c4cc(O)ccc4c23)C(=O)N1NC(CO)CO. The fourth-order valence-corrected chi connectivity index (χ4v) is 6.42. The number of rotatable bonds is 6. The molecule has 44 heavy (non-hydrogen) atoms. The summed E-state index contributed by atoms with van der Waals surface area (Å²) in [6, 6.07) is 7.53. The number of H-pyrrole nitrogens is 1. The van der Waals surface area contributed by atoms with Crippen LogP contribution in [-0.2, 0) is 4.74 Å². The molecule has 0 spiro atoms. The lowest BCUT2D eigenvalue weighted by molar-refractivity contribution is -0.249. The van der Waals surface area contributed by atoms with Gasteiger partial charge < -0.3 is 55.1 Å². The first kappa shape index (κ1) is 28.5. The smallest absolute Gasteiger partial charge is 0.276 e. The van der Waals surface area contributed by atoms with Crippen molar-refractivity contribution in [1.82, 2.24) is 20.0 Å². The molecule has 0 unspecified atom stereocenters. The van der Waals surface area contributed by atoms with Crippen LogP contribution in [0.3, 0.4) is 0 Å². The van der Waals surface area contributed by atoms with Gasteiger partial charge in [-0.3, -0.25) is 9.59 Å². The van der Waals surface area contributed by atoms with E-state index >= 15 is 0 Å². The molecule has 0 saturated carbocycles. The Morgan fingerprint density at radius 3 is 2.18 bits per heavy atom. The molecular weight excluding hydrogens is 580 g/mol.